The molecule has 0 fully saturated rings. The van der Waals surface area contributed by atoms with Gasteiger partial charge in [-0.05, 0) is 41.5 Å². The molecule has 0 saturated heterocycles. The summed E-state index contributed by atoms with van der Waals surface area (Å²) in [5, 5.41) is 0.432. The van der Waals surface area contributed by atoms with Gasteiger partial charge in [0.15, 0.2) is 23.0 Å². The number of benzene rings is 3. The smallest absolute Gasteiger partial charge is 0.261 e. The van der Waals surface area contributed by atoms with Gasteiger partial charge in [-0.1, -0.05) is 18.2 Å². The second kappa shape index (κ2) is 9.60. The maximum absolute atomic E-state index is 13.1. The van der Waals surface area contributed by atoms with Crippen LogP contribution in [0.5, 0.6) is 23.0 Å². The van der Waals surface area contributed by atoms with E-state index < -0.39 is 0 Å². The molecule has 4 rings (SSSR count). The summed E-state index contributed by atoms with van der Waals surface area (Å²) in [6, 6.07) is 14.9. The van der Waals surface area contributed by atoms with Crippen LogP contribution in [0, 0.1) is 5.82 Å². The highest BCUT2D eigenvalue weighted by molar-refractivity contribution is 5.81. The number of hydrogen-bond acceptors (Lipinski definition) is 6. The van der Waals surface area contributed by atoms with Crippen LogP contribution < -0.4 is 24.5 Å². The quantitative estimate of drug-likeness (QED) is 0.401. The normalized spacial score (nSPS) is 10.8. The topological polar surface area (TPSA) is 71.8 Å². The van der Waals surface area contributed by atoms with Crippen LogP contribution in [-0.4, -0.2) is 30.9 Å². The Morgan fingerprint density at radius 2 is 1.45 bits per heavy atom. The molecule has 33 heavy (non-hydrogen) atoms. The molecule has 0 bridgehead atoms. The second-order valence-electron chi connectivity index (χ2n) is 7.30. The van der Waals surface area contributed by atoms with Crippen LogP contribution in [0.25, 0.3) is 10.9 Å². The van der Waals surface area contributed by atoms with Crippen LogP contribution >= 0.6 is 0 Å². The molecule has 0 atom stereocenters. The number of methoxy groups -OCH3 is 3. The Hall–Kier alpha value is -4.07. The predicted octanol–water partition coefficient (Wildman–Crippen LogP) is 4.19. The predicted molar refractivity (Wildman–Crippen MR) is 122 cm³/mol. The Labute approximate surface area is 189 Å². The lowest BCUT2D eigenvalue weighted by Crippen LogP contribution is -2.21. The minimum absolute atomic E-state index is 0.198. The van der Waals surface area contributed by atoms with Gasteiger partial charge in [0.1, 0.15) is 12.4 Å². The highest BCUT2D eigenvalue weighted by atomic mass is 19.1. The zero-order valence-corrected chi connectivity index (χ0v) is 18.5. The van der Waals surface area contributed by atoms with Crippen molar-refractivity contribution in [3.8, 4) is 23.0 Å². The molecule has 7 nitrogen and oxygen atoms in total. The number of fused-ring (bicyclic) bond motifs is 1. The zero-order valence-electron chi connectivity index (χ0n) is 18.5. The lowest BCUT2D eigenvalue weighted by Gasteiger charge is -2.14. The third-order valence-electron chi connectivity index (χ3n) is 5.22. The largest absolute Gasteiger partial charge is 0.493 e. The van der Waals surface area contributed by atoms with E-state index in [1.165, 1.54) is 37.2 Å². The summed E-state index contributed by atoms with van der Waals surface area (Å²) >= 11 is 0. The van der Waals surface area contributed by atoms with Crippen molar-refractivity contribution in [3.05, 3.63) is 88.2 Å². The van der Waals surface area contributed by atoms with Gasteiger partial charge in [0.2, 0.25) is 0 Å². The molecule has 0 radical (unpaired) electrons. The summed E-state index contributed by atoms with van der Waals surface area (Å²) < 4.78 is 36.5. The van der Waals surface area contributed by atoms with Crippen LogP contribution in [-0.2, 0) is 13.2 Å². The van der Waals surface area contributed by atoms with Crippen molar-refractivity contribution < 1.29 is 23.3 Å². The third-order valence-corrected chi connectivity index (χ3v) is 5.22. The number of aromatic nitrogens is 2. The summed E-state index contributed by atoms with van der Waals surface area (Å²) in [6.07, 6.45) is 1.50. The molecular formula is C25H23FN2O5. The first-order valence-corrected chi connectivity index (χ1v) is 10.2. The highest BCUT2D eigenvalue weighted by Gasteiger charge is 2.12. The molecule has 4 aromatic rings. The van der Waals surface area contributed by atoms with Gasteiger partial charge in [-0.2, -0.15) is 0 Å². The maximum atomic E-state index is 13.1. The summed E-state index contributed by atoms with van der Waals surface area (Å²) in [5.41, 5.74) is 2.00. The number of rotatable bonds is 8. The first-order chi connectivity index (χ1) is 16.0. The van der Waals surface area contributed by atoms with Crippen molar-refractivity contribution >= 4 is 10.9 Å². The maximum Gasteiger partial charge on any atom is 0.261 e. The van der Waals surface area contributed by atoms with Gasteiger partial charge in [0.05, 0.1) is 45.1 Å². The molecule has 170 valence electrons. The molecule has 0 unspecified atom stereocenters. The summed E-state index contributed by atoms with van der Waals surface area (Å²) in [4.78, 5) is 17.4. The Morgan fingerprint density at radius 1 is 0.818 bits per heavy atom. The van der Waals surface area contributed by atoms with Crippen LogP contribution in [0.3, 0.4) is 0 Å². The molecule has 1 heterocycles. The van der Waals surface area contributed by atoms with Crippen molar-refractivity contribution in [1.82, 2.24) is 9.55 Å². The van der Waals surface area contributed by atoms with Crippen molar-refractivity contribution in [2.24, 2.45) is 0 Å². The zero-order chi connectivity index (χ0) is 23.4. The number of hydrogen-bond donors (Lipinski definition) is 0. The van der Waals surface area contributed by atoms with Crippen LogP contribution in [0.4, 0.5) is 4.39 Å². The molecule has 0 aliphatic rings. The van der Waals surface area contributed by atoms with E-state index in [1.54, 1.807) is 37.4 Å². The summed E-state index contributed by atoms with van der Waals surface area (Å²) in [5.74, 6) is 1.76. The molecule has 8 heteroatoms. The van der Waals surface area contributed by atoms with E-state index in [0.29, 0.717) is 40.4 Å². The fraction of sp³-hybridized carbons (Fsp3) is 0.200. The Kier molecular flexibility index (Phi) is 6.44. The molecule has 1 aromatic heterocycles. The molecule has 0 aliphatic heterocycles. The molecule has 3 aromatic carbocycles. The average Bonchev–Trinajstić information content (AvgIpc) is 2.85. The van der Waals surface area contributed by atoms with Gasteiger partial charge in [-0.25, -0.2) is 9.37 Å². The molecule has 0 aliphatic carbocycles. The first kappa shape index (κ1) is 22.1. The highest BCUT2D eigenvalue weighted by Crippen LogP contribution is 2.31. The SMILES string of the molecule is COc1cc2ncn(Cc3ccc(OCc4ccc(F)cc4)c(OC)c3)c(=O)c2cc1OC. The van der Waals surface area contributed by atoms with E-state index >= 15 is 0 Å². The van der Waals surface area contributed by atoms with Crippen molar-refractivity contribution in [2.45, 2.75) is 13.2 Å². The van der Waals surface area contributed by atoms with E-state index in [4.69, 9.17) is 18.9 Å². The van der Waals surface area contributed by atoms with Crippen molar-refractivity contribution in [1.29, 1.82) is 0 Å². The van der Waals surface area contributed by atoms with Gasteiger partial charge >= 0.3 is 0 Å². The third kappa shape index (κ3) is 4.74. The Bertz CT molecular complexity index is 1340. The summed E-state index contributed by atoms with van der Waals surface area (Å²) in [6.45, 7) is 0.569. The minimum atomic E-state index is -0.295. The molecule has 0 N–H and O–H groups in total. The average molecular weight is 450 g/mol. The summed E-state index contributed by atoms with van der Waals surface area (Å²) in [7, 11) is 4.60. The van der Waals surface area contributed by atoms with E-state index in [-0.39, 0.29) is 18.0 Å². The van der Waals surface area contributed by atoms with Gasteiger partial charge < -0.3 is 18.9 Å². The standard InChI is InChI=1S/C25H23FN2O5/c1-30-22-10-17(6-9-21(22)33-14-16-4-7-18(26)8-5-16)13-28-15-27-20-12-24(32-3)23(31-2)11-19(20)25(28)29/h4-12,15H,13-14H2,1-3H3. The monoisotopic (exact) mass is 450 g/mol. The fourth-order valence-corrected chi connectivity index (χ4v) is 3.47. The van der Waals surface area contributed by atoms with Crippen LogP contribution in [0.15, 0.2) is 65.7 Å². The molecule has 0 saturated carbocycles. The molecule has 0 spiro atoms. The minimum Gasteiger partial charge on any atom is -0.493 e. The van der Waals surface area contributed by atoms with E-state index in [9.17, 15) is 9.18 Å². The number of halogens is 1. The lowest BCUT2D eigenvalue weighted by atomic mass is 10.2. The molecule has 0 amide bonds. The van der Waals surface area contributed by atoms with Crippen LogP contribution in [0.1, 0.15) is 11.1 Å². The van der Waals surface area contributed by atoms with Crippen molar-refractivity contribution in [2.75, 3.05) is 21.3 Å². The Morgan fingerprint density at radius 3 is 2.15 bits per heavy atom. The van der Waals surface area contributed by atoms with Gasteiger partial charge in [-0.15, -0.1) is 0 Å². The van der Waals surface area contributed by atoms with Gasteiger partial charge in [0, 0.05) is 6.07 Å². The van der Waals surface area contributed by atoms with Crippen LogP contribution in [0.2, 0.25) is 0 Å². The number of nitrogens with zero attached hydrogens (tertiary/aromatic N) is 2. The number of ether oxygens (including phenoxy) is 4. The van der Waals surface area contributed by atoms with E-state index in [2.05, 4.69) is 4.98 Å². The molecular weight excluding hydrogens is 427 g/mol. The Balaban J connectivity index is 1.57. The van der Waals surface area contributed by atoms with E-state index in [1.807, 2.05) is 12.1 Å². The van der Waals surface area contributed by atoms with Gasteiger partial charge in [-0.3, -0.25) is 9.36 Å². The van der Waals surface area contributed by atoms with Crippen molar-refractivity contribution in [3.63, 3.8) is 0 Å². The fourth-order valence-electron chi connectivity index (χ4n) is 3.47. The lowest BCUT2D eigenvalue weighted by molar-refractivity contribution is 0.284. The first-order valence-electron chi connectivity index (χ1n) is 10.2. The van der Waals surface area contributed by atoms with E-state index in [0.717, 1.165) is 11.1 Å². The van der Waals surface area contributed by atoms with Gasteiger partial charge in [0.25, 0.3) is 5.56 Å². The second-order valence-corrected chi connectivity index (χ2v) is 7.30.